The van der Waals surface area contributed by atoms with Crippen molar-refractivity contribution >= 4 is 39.4 Å². The van der Waals surface area contributed by atoms with Gasteiger partial charge < -0.3 is 4.74 Å². The third-order valence-electron chi connectivity index (χ3n) is 3.09. The number of carbonyl (C=O) groups is 1. The van der Waals surface area contributed by atoms with Crippen molar-refractivity contribution in [3.63, 3.8) is 0 Å². The van der Waals surface area contributed by atoms with E-state index in [0.717, 1.165) is 10.2 Å². The van der Waals surface area contributed by atoms with E-state index in [1.54, 1.807) is 18.2 Å². The van der Waals surface area contributed by atoms with Gasteiger partial charge in [-0.3, -0.25) is 14.9 Å². The maximum Gasteiger partial charge on any atom is 0.278 e. The molecule has 0 fully saturated rings. The highest BCUT2D eigenvalue weighted by Crippen LogP contribution is 2.25. The minimum Gasteiger partial charge on any atom is -0.467 e. The van der Waals surface area contributed by atoms with E-state index < -0.39 is 10.8 Å². The number of hydrogen-bond donors (Lipinski definition) is 1. The standard InChI is InChI=1S/C15H11N5O4S/c21-13(8-24-14-11-5-6-25-15(11)17-9-16-14)19-18-7-10-3-1-2-4-12(10)20(22)23/h1-7,9H,8H2,(H,19,21)/b18-7+. The number of thiophene rings is 1. The Kier molecular flexibility index (Phi) is 4.90. The summed E-state index contributed by atoms with van der Waals surface area (Å²) in [5, 5.41) is 17.2. The lowest BCUT2D eigenvalue weighted by Gasteiger charge is -2.04. The highest BCUT2D eigenvalue weighted by Gasteiger charge is 2.11. The van der Waals surface area contributed by atoms with Crippen LogP contribution >= 0.6 is 11.3 Å². The number of nitro benzene ring substituents is 1. The minimum atomic E-state index is -0.520. The molecule has 1 N–H and O–H groups in total. The van der Waals surface area contributed by atoms with Crippen LogP contribution in [-0.2, 0) is 4.79 Å². The predicted octanol–water partition coefficient (Wildman–Crippen LogP) is 2.13. The van der Waals surface area contributed by atoms with Crippen LogP contribution in [0.25, 0.3) is 10.2 Å². The van der Waals surface area contributed by atoms with Crippen molar-refractivity contribution in [3.8, 4) is 5.88 Å². The lowest BCUT2D eigenvalue weighted by atomic mass is 10.2. The fourth-order valence-electron chi connectivity index (χ4n) is 1.99. The van der Waals surface area contributed by atoms with Gasteiger partial charge in [0, 0.05) is 6.07 Å². The molecule has 2 aromatic heterocycles. The maximum atomic E-state index is 11.8. The summed E-state index contributed by atoms with van der Waals surface area (Å²) in [6, 6.07) is 7.88. The van der Waals surface area contributed by atoms with Crippen LogP contribution in [0.5, 0.6) is 5.88 Å². The number of nitrogens with zero attached hydrogens (tertiary/aromatic N) is 4. The molecule has 3 rings (SSSR count). The van der Waals surface area contributed by atoms with Gasteiger partial charge in [0.25, 0.3) is 11.6 Å². The van der Waals surface area contributed by atoms with E-state index in [1.165, 1.54) is 36.0 Å². The van der Waals surface area contributed by atoms with Crippen molar-refractivity contribution in [2.75, 3.05) is 6.61 Å². The Bertz CT molecular complexity index is 956. The summed E-state index contributed by atoms with van der Waals surface area (Å²) >= 11 is 1.44. The van der Waals surface area contributed by atoms with E-state index in [4.69, 9.17) is 4.74 Å². The Labute approximate surface area is 145 Å². The first kappa shape index (κ1) is 16.5. The average Bonchev–Trinajstić information content (AvgIpc) is 3.09. The average molecular weight is 357 g/mol. The Morgan fingerprint density at radius 3 is 3.04 bits per heavy atom. The second-order valence-corrected chi connectivity index (χ2v) is 5.61. The van der Waals surface area contributed by atoms with Crippen LogP contribution in [0, 0.1) is 10.1 Å². The first-order valence-electron chi connectivity index (χ1n) is 7.01. The molecule has 0 saturated heterocycles. The molecular weight excluding hydrogens is 346 g/mol. The molecule has 25 heavy (non-hydrogen) atoms. The number of amides is 1. The van der Waals surface area contributed by atoms with Gasteiger partial charge in [-0.1, -0.05) is 12.1 Å². The summed E-state index contributed by atoms with van der Waals surface area (Å²) in [5.41, 5.74) is 2.43. The third kappa shape index (κ3) is 3.93. The lowest BCUT2D eigenvalue weighted by molar-refractivity contribution is -0.385. The molecule has 1 amide bonds. The molecule has 0 atom stereocenters. The van der Waals surface area contributed by atoms with Crippen LogP contribution < -0.4 is 10.2 Å². The monoisotopic (exact) mass is 357 g/mol. The molecular formula is C15H11N5O4S. The summed E-state index contributed by atoms with van der Waals surface area (Å²) in [7, 11) is 0. The van der Waals surface area contributed by atoms with Crippen molar-refractivity contribution < 1.29 is 14.5 Å². The lowest BCUT2D eigenvalue weighted by Crippen LogP contribution is -2.24. The van der Waals surface area contributed by atoms with Crippen LogP contribution in [-0.4, -0.2) is 33.6 Å². The van der Waals surface area contributed by atoms with E-state index >= 15 is 0 Å². The zero-order valence-electron chi connectivity index (χ0n) is 12.7. The Hall–Kier alpha value is -3.40. The SMILES string of the molecule is O=C(COc1ncnc2sccc12)N/N=C/c1ccccc1[N+](=O)[O-]. The first-order chi connectivity index (χ1) is 12.1. The molecule has 0 aliphatic heterocycles. The number of fused-ring (bicyclic) bond motifs is 1. The topological polar surface area (TPSA) is 120 Å². The minimum absolute atomic E-state index is 0.0995. The fourth-order valence-corrected chi connectivity index (χ4v) is 2.71. The Balaban J connectivity index is 1.58. The van der Waals surface area contributed by atoms with Gasteiger partial charge in [-0.05, 0) is 17.5 Å². The number of hydrogen-bond acceptors (Lipinski definition) is 8. The van der Waals surface area contributed by atoms with E-state index in [2.05, 4.69) is 20.5 Å². The number of nitrogens with one attached hydrogen (secondary N) is 1. The molecule has 1 aromatic carbocycles. The number of rotatable bonds is 6. The van der Waals surface area contributed by atoms with Gasteiger partial charge in [-0.25, -0.2) is 15.4 Å². The molecule has 0 unspecified atom stereocenters. The normalized spacial score (nSPS) is 10.9. The summed E-state index contributed by atoms with van der Waals surface area (Å²) in [4.78, 5) is 31.0. The van der Waals surface area contributed by atoms with Crippen molar-refractivity contribution in [2.45, 2.75) is 0 Å². The van der Waals surface area contributed by atoms with Crippen LogP contribution in [0.3, 0.4) is 0 Å². The molecule has 3 aromatic rings. The van der Waals surface area contributed by atoms with Gasteiger partial charge in [-0.2, -0.15) is 5.10 Å². The second kappa shape index (κ2) is 7.45. The van der Waals surface area contributed by atoms with Gasteiger partial charge in [0.1, 0.15) is 11.2 Å². The summed E-state index contributed by atoms with van der Waals surface area (Å²) in [6.07, 6.45) is 2.57. The van der Waals surface area contributed by atoms with Gasteiger partial charge in [-0.15, -0.1) is 11.3 Å². The highest BCUT2D eigenvalue weighted by molar-refractivity contribution is 7.16. The summed E-state index contributed by atoms with van der Waals surface area (Å²) < 4.78 is 5.37. The van der Waals surface area contributed by atoms with E-state index in [-0.39, 0.29) is 17.9 Å². The number of benzene rings is 1. The van der Waals surface area contributed by atoms with E-state index in [9.17, 15) is 14.9 Å². The molecule has 0 radical (unpaired) electrons. The Morgan fingerprint density at radius 1 is 1.36 bits per heavy atom. The largest absolute Gasteiger partial charge is 0.467 e. The van der Waals surface area contributed by atoms with E-state index in [1.807, 2.05) is 5.38 Å². The van der Waals surface area contributed by atoms with Crippen LogP contribution in [0.1, 0.15) is 5.56 Å². The third-order valence-corrected chi connectivity index (χ3v) is 3.91. The molecule has 9 nitrogen and oxygen atoms in total. The second-order valence-electron chi connectivity index (χ2n) is 4.72. The zero-order chi connectivity index (χ0) is 17.6. The van der Waals surface area contributed by atoms with Crippen molar-refractivity contribution in [2.24, 2.45) is 5.10 Å². The molecule has 0 aliphatic rings. The number of nitro groups is 1. The predicted molar refractivity (Wildman–Crippen MR) is 91.7 cm³/mol. The molecule has 10 heteroatoms. The zero-order valence-corrected chi connectivity index (χ0v) is 13.5. The molecule has 0 bridgehead atoms. The highest BCUT2D eigenvalue weighted by atomic mass is 32.1. The summed E-state index contributed by atoms with van der Waals surface area (Å²) in [5.74, 6) is -0.207. The smallest absolute Gasteiger partial charge is 0.278 e. The maximum absolute atomic E-state index is 11.8. The Morgan fingerprint density at radius 2 is 2.20 bits per heavy atom. The quantitative estimate of drug-likeness (QED) is 0.410. The van der Waals surface area contributed by atoms with Gasteiger partial charge in [0.2, 0.25) is 5.88 Å². The number of para-hydroxylation sites is 1. The molecule has 0 aliphatic carbocycles. The molecule has 126 valence electrons. The van der Waals surface area contributed by atoms with Crippen LogP contribution in [0.4, 0.5) is 5.69 Å². The number of ether oxygens (including phenoxy) is 1. The van der Waals surface area contributed by atoms with Crippen molar-refractivity contribution in [1.29, 1.82) is 0 Å². The first-order valence-corrected chi connectivity index (χ1v) is 7.89. The van der Waals surface area contributed by atoms with Gasteiger partial charge >= 0.3 is 0 Å². The summed E-state index contributed by atoms with van der Waals surface area (Å²) in [6.45, 7) is -0.295. The van der Waals surface area contributed by atoms with Crippen molar-refractivity contribution in [3.05, 3.63) is 57.7 Å². The molecule has 2 heterocycles. The number of hydrazone groups is 1. The number of carbonyl (C=O) groups excluding carboxylic acids is 1. The molecule has 0 spiro atoms. The van der Waals surface area contributed by atoms with Crippen LogP contribution in [0.2, 0.25) is 0 Å². The van der Waals surface area contributed by atoms with Crippen LogP contribution in [0.15, 0.2) is 47.1 Å². The fraction of sp³-hybridized carbons (Fsp3) is 0.0667. The van der Waals surface area contributed by atoms with Crippen molar-refractivity contribution in [1.82, 2.24) is 15.4 Å². The van der Waals surface area contributed by atoms with E-state index in [0.29, 0.717) is 5.88 Å². The van der Waals surface area contributed by atoms with Gasteiger partial charge in [0.15, 0.2) is 6.61 Å². The number of aromatic nitrogens is 2. The van der Waals surface area contributed by atoms with Gasteiger partial charge in [0.05, 0.1) is 22.1 Å². The molecule has 0 saturated carbocycles.